The highest BCUT2D eigenvalue weighted by atomic mass is 16.6. The molecule has 1 spiro atoms. The molecular formula is C20H23NO4. The van der Waals surface area contributed by atoms with E-state index in [0.717, 1.165) is 54.4 Å². The largest absolute Gasteiger partial charge is 0.459 e. The van der Waals surface area contributed by atoms with Crippen molar-refractivity contribution < 1.29 is 18.7 Å². The van der Waals surface area contributed by atoms with Gasteiger partial charge >= 0.3 is 5.97 Å². The van der Waals surface area contributed by atoms with Crippen LogP contribution in [0.3, 0.4) is 0 Å². The SMILES string of the molecule is Cc1c(CNC(=O)[C@@H]2CC(=O)OC23CCCCC3)oc2ccccc12. The van der Waals surface area contributed by atoms with Crippen LogP contribution in [0.4, 0.5) is 0 Å². The number of benzene rings is 1. The van der Waals surface area contributed by atoms with Gasteiger partial charge in [0.05, 0.1) is 18.9 Å². The predicted octanol–water partition coefficient (Wildman–Crippen LogP) is 3.62. The van der Waals surface area contributed by atoms with E-state index in [1.807, 2.05) is 31.2 Å². The normalized spacial score (nSPS) is 22.3. The van der Waals surface area contributed by atoms with Crippen molar-refractivity contribution in [1.29, 1.82) is 0 Å². The van der Waals surface area contributed by atoms with E-state index in [2.05, 4.69) is 5.32 Å². The van der Waals surface area contributed by atoms with E-state index in [1.54, 1.807) is 0 Å². The van der Waals surface area contributed by atoms with Crippen molar-refractivity contribution in [3.63, 3.8) is 0 Å². The van der Waals surface area contributed by atoms with Gasteiger partial charge in [-0.3, -0.25) is 9.59 Å². The maximum absolute atomic E-state index is 12.8. The molecule has 25 heavy (non-hydrogen) atoms. The molecule has 2 aliphatic rings. The minimum atomic E-state index is -0.581. The minimum absolute atomic E-state index is 0.104. The van der Waals surface area contributed by atoms with Crippen LogP contribution in [-0.2, 0) is 20.9 Å². The van der Waals surface area contributed by atoms with Gasteiger partial charge in [-0.2, -0.15) is 0 Å². The van der Waals surface area contributed by atoms with Gasteiger partial charge in [-0.1, -0.05) is 24.6 Å². The van der Waals surface area contributed by atoms with E-state index >= 15 is 0 Å². The molecule has 0 radical (unpaired) electrons. The highest BCUT2D eigenvalue weighted by Gasteiger charge is 2.52. The molecule has 1 aromatic heterocycles. The van der Waals surface area contributed by atoms with E-state index in [1.165, 1.54) is 0 Å². The Bertz CT molecular complexity index is 816. The highest BCUT2D eigenvalue weighted by Crippen LogP contribution is 2.44. The van der Waals surface area contributed by atoms with Crippen LogP contribution in [0.5, 0.6) is 0 Å². The summed E-state index contributed by atoms with van der Waals surface area (Å²) in [5.74, 6) is 0.0250. The molecule has 1 saturated carbocycles. The van der Waals surface area contributed by atoms with Crippen LogP contribution in [-0.4, -0.2) is 17.5 Å². The molecule has 132 valence electrons. The van der Waals surface area contributed by atoms with Crippen LogP contribution in [0.2, 0.25) is 0 Å². The first-order valence-electron chi connectivity index (χ1n) is 9.06. The van der Waals surface area contributed by atoms with Crippen LogP contribution in [0.15, 0.2) is 28.7 Å². The molecule has 0 bridgehead atoms. The lowest BCUT2D eigenvalue weighted by Crippen LogP contribution is -2.45. The van der Waals surface area contributed by atoms with Gasteiger partial charge in [-0.25, -0.2) is 0 Å². The van der Waals surface area contributed by atoms with Crippen molar-refractivity contribution in [3.8, 4) is 0 Å². The number of hydrogen-bond donors (Lipinski definition) is 1. The molecule has 5 nitrogen and oxygen atoms in total. The molecule has 1 N–H and O–H groups in total. The summed E-state index contributed by atoms with van der Waals surface area (Å²) in [5, 5.41) is 4.03. The van der Waals surface area contributed by atoms with Gasteiger partial charge in [-0.05, 0) is 38.7 Å². The van der Waals surface area contributed by atoms with Crippen molar-refractivity contribution in [2.24, 2.45) is 5.92 Å². The summed E-state index contributed by atoms with van der Waals surface area (Å²) >= 11 is 0. The van der Waals surface area contributed by atoms with Crippen molar-refractivity contribution in [3.05, 3.63) is 35.6 Å². The molecule has 2 heterocycles. The number of furan rings is 1. The van der Waals surface area contributed by atoms with E-state index < -0.39 is 5.60 Å². The summed E-state index contributed by atoms with van der Waals surface area (Å²) in [7, 11) is 0. The first-order valence-corrected chi connectivity index (χ1v) is 9.06. The summed E-state index contributed by atoms with van der Waals surface area (Å²) in [5.41, 5.74) is 1.29. The summed E-state index contributed by atoms with van der Waals surface area (Å²) in [4.78, 5) is 24.6. The number of amides is 1. The minimum Gasteiger partial charge on any atom is -0.459 e. The summed E-state index contributed by atoms with van der Waals surface area (Å²) in [6.45, 7) is 2.33. The molecule has 5 heteroatoms. The Labute approximate surface area is 146 Å². The van der Waals surface area contributed by atoms with E-state index in [9.17, 15) is 9.59 Å². The van der Waals surface area contributed by atoms with Crippen LogP contribution in [0.25, 0.3) is 11.0 Å². The van der Waals surface area contributed by atoms with Gasteiger partial charge in [-0.15, -0.1) is 0 Å². The maximum Gasteiger partial charge on any atom is 0.307 e. The van der Waals surface area contributed by atoms with Gasteiger partial charge in [0.1, 0.15) is 16.9 Å². The Hall–Kier alpha value is -2.30. The smallest absolute Gasteiger partial charge is 0.307 e. The Kier molecular flexibility index (Phi) is 4.02. The van der Waals surface area contributed by atoms with Crippen LogP contribution >= 0.6 is 0 Å². The molecule has 1 amide bonds. The van der Waals surface area contributed by atoms with E-state index in [4.69, 9.17) is 9.15 Å². The van der Waals surface area contributed by atoms with Gasteiger partial charge < -0.3 is 14.5 Å². The summed E-state index contributed by atoms with van der Waals surface area (Å²) in [6, 6.07) is 7.84. The molecule has 1 aromatic carbocycles. The monoisotopic (exact) mass is 341 g/mol. The first kappa shape index (κ1) is 16.2. The van der Waals surface area contributed by atoms with Crippen LogP contribution < -0.4 is 5.32 Å². The van der Waals surface area contributed by atoms with Crippen molar-refractivity contribution >= 4 is 22.8 Å². The molecule has 2 fully saturated rings. The second-order valence-corrected chi connectivity index (χ2v) is 7.22. The third-order valence-corrected chi connectivity index (χ3v) is 5.71. The topological polar surface area (TPSA) is 68.5 Å². The first-order chi connectivity index (χ1) is 12.1. The zero-order chi connectivity index (χ0) is 17.4. The van der Waals surface area contributed by atoms with Gasteiger partial charge in [0.15, 0.2) is 0 Å². The number of rotatable bonds is 3. The van der Waals surface area contributed by atoms with Crippen molar-refractivity contribution in [1.82, 2.24) is 5.32 Å². The fraction of sp³-hybridized carbons (Fsp3) is 0.500. The third-order valence-electron chi connectivity index (χ3n) is 5.71. The van der Waals surface area contributed by atoms with Crippen molar-refractivity contribution in [2.45, 2.75) is 57.6 Å². The number of aryl methyl sites for hydroxylation is 1. The second kappa shape index (κ2) is 6.21. The molecule has 1 saturated heterocycles. The number of fused-ring (bicyclic) bond motifs is 1. The van der Waals surface area contributed by atoms with E-state index in [-0.39, 0.29) is 24.2 Å². The van der Waals surface area contributed by atoms with E-state index in [0.29, 0.717) is 6.54 Å². The molecular weight excluding hydrogens is 318 g/mol. The fourth-order valence-electron chi connectivity index (χ4n) is 4.31. The second-order valence-electron chi connectivity index (χ2n) is 7.22. The van der Waals surface area contributed by atoms with Gasteiger partial charge in [0.2, 0.25) is 5.91 Å². The number of carbonyl (C=O) groups is 2. The third kappa shape index (κ3) is 2.81. The van der Waals surface area contributed by atoms with Gasteiger partial charge in [0.25, 0.3) is 0 Å². The van der Waals surface area contributed by atoms with Crippen molar-refractivity contribution in [2.75, 3.05) is 0 Å². The van der Waals surface area contributed by atoms with Crippen LogP contribution in [0, 0.1) is 12.8 Å². The number of esters is 1. The number of para-hydroxylation sites is 1. The Morgan fingerprint density at radius 1 is 1.24 bits per heavy atom. The molecule has 2 aromatic rings. The highest BCUT2D eigenvalue weighted by molar-refractivity contribution is 5.88. The lowest BCUT2D eigenvalue weighted by molar-refractivity contribution is -0.153. The summed E-state index contributed by atoms with van der Waals surface area (Å²) < 4.78 is 11.5. The quantitative estimate of drug-likeness (QED) is 0.866. The number of carbonyl (C=O) groups excluding carboxylic acids is 2. The molecule has 0 unspecified atom stereocenters. The molecule has 1 aliphatic heterocycles. The van der Waals surface area contributed by atoms with Gasteiger partial charge in [0, 0.05) is 10.9 Å². The predicted molar refractivity (Wildman–Crippen MR) is 92.8 cm³/mol. The van der Waals surface area contributed by atoms with Crippen LogP contribution in [0.1, 0.15) is 49.8 Å². The Morgan fingerprint density at radius 3 is 2.76 bits per heavy atom. The molecule has 4 rings (SSSR count). The number of hydrogen-bond acceptors (Lipinski definition) is 4. The number of nitrogens with one attached hydrogen (secondary N) is 1. The molecule has 1 atom stereocenters. The Balaban J connectivity index is 1.49. The summed E-state index contributed by atoms with van der Waals surface area (Å²) in [6.07, 6.45) is 4.94. The average molecular weight is 341 g/mol. The lowest BCUT2D eigenvalue weighted by atomic mass is 9.75. The maximum atomic E-state index is 12.8. The zero-order valence-electron chi connectivity index (χ0n) is 14.5. The number of ether oxygens (including phenoxy) is 1. The lowest BCUT2D eigenvalue weighted by Gasteiger charge is -2.35. The zero-order valence-corrected chi connectivity index (χ0v) is 14.5. The Morgan fingerprint density at radius 2 is 2.00 bits per heavy atom. The fourth-order valence-corrected chi connectivity index (χ4v) is 4.31. The standard InChI is InChI=1S/C20H23NO4/c1-13-14-7-3-4-8-16(14)24-17(13)12-21-19(23)15-11-18(22)25-20(15)9-5-2-6-10-20/h3-4,7-8,15H,2,5-6,9-12H2,1H3,(H,21,23)/t15-/m0/s1. The average Bonchev–Trinajstić information content (AvgIpc) is 3.11. The molecule has 1 aliphatic carbocycles.